The highest BCUT2D eigenvalue weighted by molar-refractivity contribution is 5.76. The Hall–Kier alpha value is -1.32. The van der Waals surface area contributed by atoms with Crippen molar-refractivity contribution in [2.75, 3.05) is 0 Å². The fourth-order valence-electron chi connectivity index (χ4n) is 1.27. The third-order valence-electron chi connectivity index (χ3n) is 2.60. The maximum Gasteiger partial charge on any atom is 0.220 e. The minimum atomic E-state index is -0.244. The molecule has 0 aliphatic heterocycles. The molecule has 0 saturated carbocycles. The average Bonchev–Trinajstić information content (AvgIpc) is 2.62. The molecule has 84 valence electrons. The van der Waals surface area contributed by atoms with Gasteiger partial charge in [-0.05, 0) is 17.9 Å². The van der Waals surface area contributed by atoms with E-state index in [0.717, 1.165) is 13.0 Å². The minimum Gasteiger partial charge on any atom is -0.369 e. The molecule has 0 bridgehead atoms. The normalized spacial score (nSPS) is 13.1. The lowest BCUT2D eigenvalue weighted by atomic mass is 10.1. The quantitative estimate of drug-likeness (QED) is 0.799. The highest BCUT2D eigenvalue weighted by atomic mass is 16.1. The molecule has 1 rings (SSSR count). The van der Waals surface area contributed by atoms with Crippen LogP contribution in [0.3, 0.4) is 0 Å². The molecule has 0 saturated heterocycles. The lowest BCUT2D eigenvalue weighted by Gasteiger charge is -2.06. The smallest absolute Gasteiger partial charge is 0.220 e. The molecule has 1 amide bonds. The zero-order valence-electron chi connectivity index (χ0n) is 9.60. The van der Waals surface area contributed by atoms with Crippen LogP contribution in [0.4, 0.5) is 0 Å². The molecule has 1 aromatic rings. The van der Waals surface area contributed by atoms with Gasteiger partial charge >= 0.3 is 0 Å². The van der Waals surface area contributed by atoms with Crippen LogP contribution in [0.2, 0.25) is 0 Å². The summed E-state index contributed by atoms with van der Waals surface area (Å²) >= 11 is 0. The van der Waals surface area contributed by atoms with Crippen LogP contribution in [0.25, 0.3) is 0 Å². The number of nitrogens with two attached hydrogens (primary N) is 1. The number of nitrogens with zero attached hydrogens (tertiary/aromatic N) is 2. The molecule has 0 fully saturated rings. The van der Waals surface area contributed by atoms with Crippen LogP contribution >= 0.6 is 0 Å². The third-order valence-corrected chi connectivity index (χ3v) is 2.60. The van der Waals surface area contributed by atoms with Crippen LogP contribution in [0.15, 0.2) is 12.4 Å². The van der Waals surface area contributed by atoms with Gasteiger partial charge in [0.2, 0.25) is 5.91 Å². The fourth-order valence-corrected chi connectivity index (χ4v) is 1.27. The van der Waals surface area contributed by atoms with Crippen molar-refractivity contribution in [1.29, 1.82) is 0 Å². The van der Waals surface area contributed by atoms with E-state index in [1.54, 1.807) is 0 Å². The Morgan fingerprint density at radius 3 is 2.67 bits per heavy atom. The van der Waals surface area contributed by atoms with Crippen LogP contribution in [0.5, 0.6) is 0 Å². The van der Waals surface area contributed by atoms with E-state index in [9.17, 15) is 4.79 Å². The Balaban J connectivity index is 2.47. The van der Waals surface area contributed by atoms with Gasteiger partial charge in [-0.15, -0.1) is 0 Å². The summed E-state index contributed by atoms with van der Waals surface area (Å²) in [5.74, 6) is 0.162. The van der Waals surface area contributed by atoms with E-state index in [1.165, 1.54) is 5.56 Å². The predicted molar refractivity (Wildman–Crippen MR) is 59.3 cm³/mol. The number of aromatic nitrogens is 2. The van der Waals surface area contributed by atoms with E-state index in [-0.39, 0.29) is 11.8 Å². The largest absolute Gasteiger partial charge is 0.369 e. The van der Waals surface area contributed by atoms with E-state index in [2.05, 4.69) is 18.9 Å². The van der Waals surface area contributed by atoms with Gasteiger partial charge in [0.05, 0.1) is 6.20 Å². The molecule has 0 aliphatic carbocycles. The van der Waals surface area contributed by atoms with Crippen LogP contribution in [0.1, 0.15) is 38.7 Å². The number of hydrogen-bond acceptors (Lipinski definition) is 2. The Labute approximate surface area is 90.5 Å². The standard InChI is InChI=1S/C11H19N3O/c1-8(2)10-6-13-14(7-10)5-4-9(3)11(12)15/h6-9H,4-5H2,1-3H3,(H2,12,15). The first-order valence-corrected chi connectivity index (χ1v) is 5.32. The Kier molecular flexibility index (Phi) is 3.88. The SMILES string of the molecule is CC(CCn1cc(C(C)C)cn1)C(N)=O. The van der Waals surface area contributed by atoms with Crippen molar-refractivity contribution in [2.45, 2.75) is 39.7 Å². The summed E-state index contributed by atoms with van der Waals surface area (Å²) in [6.07, 6.45) is 4.65. The van der Waals surface area contributed by atoms with Crippen molar-refractivity contribution >= 4 is 5.91 Å². The molecule has 0 radical (unpaired) electrons. The molecule has 1 atom stereocenters. The maximum absolute atomic E-state index is 10.8. The molecule has 1 unspecified atom stereocenters. The van der Waals surface area contributed by atoms with Gasteiger partial charge in [0.25, 0.3) is 0 Å². The summed E-state index contributed by atoms with van der Waals surface area (Å²) in [6.45, 7) is 6.85. The van der Waals surface area contributed by atoms with Gasteiger partial charge in [-0.25, -0.2) is 0 Å². The summed E-state index contributed by atoms with van der Waals surface area (Å²) in [5, 5.41) is 4.23. The molecular weight excluding hydrogens is 190 g/mol. The molecule has 1 aromatic heterocycles. The van der Waals surface area contributed by atoms with Crippen molar-refractivity contribution in [2.24, 2.45) is 11.7 Å². The summed E-state index contributed by atoms with van der Waals surface area (Å²) in [4.78, 5) is 10.8. The maximum atomic E-state index is 10.8. The fraction of sp³-hybridized carbons (Fsp3) is 0.636. The van der Waals surface area contributed by atoms with Crippen LogP contribution in [0, 0.1) is 5.92 Å². The number of carbonyl (C=O) groups is 1. The van der Waals surface area contributed by atoms with Gasteiger partial charge in [0.1, 0.15) is 0 Å². The lowest BCUT2D eigenvalue weighted by molar-refractivity contribution is -0.121. The van der Waals surface area contributed by atoms with Gasteiger partial charge in [0, 0.05) is 18.7 Å². The van der Waals surface area contributed by atoms with Crippen molar-refractivity contribution in [1.82, 2.24) is 9.78 Å². The molecule has 0 spiro atoms. The van der Waals surface area contributed by atoms with E-state index in [1.807, 2.05) is 24.0 Å². The summed E-state index contributed by atoms with van der Waals surface area (Å²) in [5.41, 5.74) is 6.41. The molecule has 4 heteroatoms. The van der Waals surface area contributed by atoms with E-state index in [0.29, 0.717) is 5.92 Å². The molecule has 1 heterocycles. The first-order valence-electron chi connectivity index (χ1n) is 5.32. The first kappa shape index (κ1) is 11.8. The van der Waals surface area contributed by atoms with Crippen molar-refractivity contribution < 1.29 is 4.79 Å². The van der Waals surface area contributed by atoms with E-state index in [4.69, 9.17) is 5.73 Å². The number of hydrogen-bond donors (Lipinski definition) is 1. The lowest BCUT2D eigenvalue weighted by Crippen LogP contribution is -2.21. The van der Waals surface area contributed by atoms with Gasteiger partial charge in [-0.2, -0.15) is 5.10 Å². The molecule has 2 N–H and O–H groups in total. The number of rotatable bonds is 5. The Morgan fingerprint density at radius 1 is 1.53 bits per heavy atom. The van der Waals surface area contributed by atoms with Gasteiger partial charge in [0.15, 0.2) is 0 Å². The Bertz CT molecular complexity index is 330. The van der Waals surface area contributed by atoms with Crippen LogP contribution in [-0.2, 0) is 11.3 Å². The molecule has 15 heavy (non-hydrogen) atoms. The molecule has 0 aliphatic rings. The zero-order valence-corrected chi connectivity index (χ0v) is 9.60. The second-order valence-corrected chi connectivity index (χ2v) is 4.28. The van der Waals surface area contributed by atoms with Crippen molar-refractivity contribution in [3.63, 3.8) is 0 Å². The summed E-state index contributed by atoms with van der Waals surface area (Å²) in [6, 6.07) is 0. The van der Waals surface area contributed by atoms with E-state index < -0.39 is 0 Å². The highest BCUT2D eigenvalue weighted by Gasteiger charge is 2.09. The second kappa shape index (κ2) is 4.96. The van der Waals surface area contributed by atoms with Crippen LogP contribution < -0.4 is 5.73 Å². The first-order chi connectivity index (χ1) is 7.00. The average molecular weight is 209 g/mol. The number of aryl methyl sites for hydroxylation is 1. The van der Waals surface area contributed by atoms with Gasteiger partial charge in [-0.1, -0.05) is 20.8 Å². The molecular formula is C11H19N3O. The van der Waals surface area contributed by atoms with Crippen molar-refractivity contribution in [3.05, 3.63) is 18.0 Å². The van der Waals surface area contributed by atoms with Gasteiger partial charge in [-0.3, -0.25) is 9.48 Å². The van der Waals surface area contributed by atoms with Crippen molar-refractivity contribution in [3.8, 4) is 0 Å². The number of amides is 1. The Morgan fingerprint density at radius 2 is 2.20 bits per heavy atom. The number of carbonyl (C=O) groups excluding carboxylic acids is 1. The highest BCUT2D eigenvalue weighted by Crippen LogP contribution is 2.13. The second-order valence-electron chi connectivity index (χ2n) is 4.28. The third kappa shape index (κ3) is 3.38. The summed E-state index contributed by atoms with van der Waals surface area (Å²) in [7, 11) is 0. The zero-order chi connectivity index (χ0) is 11.4. The van der Waals surface area contributed by atoms with Gasteiger partial charge < -0.3 is 5.73 Å². The van der Waals surface area contributed by atoms with E-state index >= 15 is 0 Å². The minimum absolute atomic E-state index is 0.0864. The molecule has 0 aromatic carbocycles. The topological polar surface area (TPSA) is 60.9 Å². The monoisotopic (exact) mass is 209 g/mol. The predicted octanol–water partition coefficient (Wildman–Crippen LogP) is 1.52. The summed E-state index contributed by atoms with van der Waals surface area (Å²) < 4.78 is 1.87. The molecule has 4 nitrogen and oxygen atoms in total. The number of primary amides is 1. The van der Waals surface area contributed by atoms with Crippen LogP contribution in [-0.4, -0.2) is 15.7 Å².